The molecule has 0 bridgehead atoms. The van der Waals surface area contributed by atoms with E-state index in [2.05, 4.69) is 25.2 Å². The molecule has 1 N–H and O–H groups in total. The molecule has 1 aromatic heterocycles. The van der Waals surface area contributed by atoms with Crippen molar-refractivity contribution in [3.8, 4) is 5.88 Å². The molecule has 3 aliphatic heterocycles. The second kappa shape index (κ2) is 6.19. The van der Waals surface area contributed by atoms with Crippen LogP contribution in [-0.2, 0) is 11.2 Å². The summed E-state index contributed by atoms with van der Waals surface area (Å²) < 4.78 is 6.05. The molecule has 140 valence electrons. The lowest BCUT2D eigenvalue weighted by Gasteiger charge is -2.36. The maximum atomic E-state index is 12.4. The van der Waals surface area contributed by atoms with Crippen molar-refractivity contribution >= 4 is 11.9 Å². The van der Waals surface area contributed by atoms with E-state index in [4.69, 9.17) is 4.74 Å². The molecule has 4 rings (SSSR count). The predicted molar refractivity (Wildman–Crippen MR) is 97.3 cm³/mol. The maximum Gasteiger partial charge on any atom is 0.254 e. The van der Waals surface area contributed by atoms with Crippen LogP contribution in [0.5, 0.6) is 5.88 Å². The Balaban J connectivity index is 1.37. The van der Waals surface area contributed by atoms with Gasteiger partial charge in [-0.1, -0.05) is 0 Å². The van der Waals surface area contributed by atoms with E-state index in [0.717, 1.165) is 61.9 Å². The average molecular weight is 358 g/mol. The van der Waals surface area contributed by atoms with Crippen molar-refractivity contribution < 1.29 is 9.53 Å². The molecule has 4 heterocycles. The van der Waals surface area contributed by atoms with E-state index in [1.807, 2.05) is 32.8 Å². The highest BCUT2D eigenvalue weighted by atomic mass is 16.5. The predicted octanol–water partition coefficient (Wildman–Crippen LogP) is 0.279. The second-order valence-electron chi connectivity index (χ2n) is 7.70. The molecule has 8 heteroatoms. The Morgan fingerprint density at radius 2 is 2.00 bits per heavy atom. The minimum atomic E-state index is -0.589. The maximum absolute atomic E-state index is 12.4. The van der Waals surface area contributed by atoms with Crippen molar-refractivity contribution in [2.75, 3.05) is 33.7 Å². The zero-order valence-electron chi connectivity index (χ0n) is 15.9. The van der Waals surface area contributed by atoms with Gasteiger partial charge >= 0.3 is 0 Å². The molecule has 26 heavy (non-hydrogen) atoms. The number of aliphatic imine (C=N–C) groups is 1. The number of likely N-dealkylation sites (tertiary alicyclic amines) is 1. The van der Waals surface area contributed by atoms with Crippen LogP contribution in [-0.4, -0.2) is 77.0 Å². The van der Waals surface area contributed by atoms with Gasteiger partial charge in [0.1, 0.15) is 17.5 Å². The number of ether oxygens (including phenoxy) is 1. The Kier molecular flexibility index (Phi) is 4.10. The van der Waals surface area contributed by atoms with Crippen LogP contribution in [0.25, 0.3) is 0 Å². The van der Waals surface area contributed by atoms with Crippen LogP contribution in [0.1, 0.15) is 29.9 Å². The highest BCUT2D eigenvalue weighted by Crippen LogP contribution is 2.32. The van der Waals surface area contributed by atoms with E-state index in [9.17, 15) is 4.79 Å². The molecule has 0 aromatic carbocycles. The van der Waals surface area contributed by atoms with Crippen LogP contribution in [0, 0.1) is 13.8 Å². The Morgan fingerprint density at radius 3 is 2.65 bits per heavy atom. The number of nitrogens with one attached hydrogen (secondary N) is 1. The fourth-order valence-electron chi connectivity index (χ4n) is 4.01. The van der Waals surface area contributed by atoms with Crippen molar-refractivity contribution in [1.29, 1.82) is 0 Å². The number of hydrogen-bond donors (Lipinski definition) is 1. The third-order valence-corrected chi connectivity index (χ3v) is 5.53. The summed E-state index contributed by atoms with van der Waals surface area (Å²) in [7, 11) is 3.80. The van der Waals surface area contributed by atoms with Gasteiger partial charge in [0.15, 0.2) is 0 Å². The fourth-order valence-corrected chi connectivity index (χ4v) is 4.01. The topological polar surface area (TPSA) is 83.0 Å². The lowest BCUT2D eigenvalue weighted by Crippen LogP contribution is -2.50. The SMILES string of the molecule is Cc1nc(C)c2c(n1)OC(CN1CCC3(CC1)N=C(N(C)C)NC3=O)C2. The van der Waals surface area contributed by atoms with Gasteiger partial charge in [0.2, 0.25) is 11.8 Å². The molecular weight excluding hydrogens is 332 g/mol. The Morgan fingerprint density at radius 1 is 1.27 bits per heavy atom. The monoisotopic (exact) mass is 358 g/mol. The third-order valence-electron chi connectivity index (χ3n) is 5.53. The summed E-state index contributed by atoms with van der Waals surface area (Å²) >= 11 is 0. The van der Waals surface area contributed by atoms with Gasteiger partial charge in [0.25, 0.3) is 5.91 Å². The first-order valence-electron chi connectivity index (χ1n) is 9.18. The number of piperidine rings is 1. The fraction of sp³-hybridized carbons (Fsp3) is 0.667. The van der Waals surface area contributed by atoms with E-state index >= 15 is 0 Å². The summed E-state index contributed by atoms with van der Waals surface area (Å²) in [5.74, 6) is 2.20. The van der Waals surface area contributed by atoms with Gasteiger partial charge in [0, 0.05) is 51.4 Å². The molecule has 0 aliphatic carbocycles. The van der Waals surface area contributed by atoms with Crippen molar-refractivity contribution in [2.24, 2.45) is 4.99 Å². The molecule has 1 spiro atoms. The molecule has 8 nitrogen and oxygen atoms in total. The number of rotatable bonds is 2. The van der Waals surface area contributed by atoms with Crippen LogP contribution >= 0.6 is 0 Å². The first-order valence-corrected chi connectivity index (χ1v) is 9.18. The van der Waals surface area contributed by atoms with E-state index in [0.29, 0.717) is 5.96 Å². The molecule has 1 atom stereocenters. The van der Waals surface area contributed by atoms with Gasteiger partial charge < -0.3 is 9.64 Å². The van der Waals surface area contributed by atoms with Gasteiger partial charge in [-0.05, 0) is 26.7 Å². The molecule has 0 radical (unpaired) electrons. The number of fused-ring (bicyclic) bond motifs is 1. The van der Waals surface area contributed by atoms with Crippen molar-refractivity contribution in [3.63, 3.8) is 0 Å². The number of carbonyl (C=O) groups excluding carboxylic acids is 1. The molecule has 3 aliphatic rings. The van der Waals surface area contributed by atoms with Crippen LogP contribution in [0.15, 0.2) is 4.99 Å². The Bertz CT molecular complexity index is 767. The number of nitrogens with zero attached hydrogens (tertiary/aromatic N) is 5. The van der Waals surface area contributed by atoms with Gasteiger partial charge in [0.05, 0.1) is 0 Å². The van der Waals surface area contributed by atoms with Crippen LogP contribution in [0.2, 0.25) is 0 Å². The molecule has 0 saturated carbocycles. The third kappa shape index (κ3) is 2.92. The van der Waals surface area contributed by atoms with Crippen molar-refractivity contribution in [2.45, 2.75) is 44.8 Å². The highest BCUT2D eigenvalue weighted by Gasteiger charge is 2.46. The summed E-state index contributed by atoms with van der Waals surface area (Å²) in [4.78, 5) is 30.2. The van der Waals surface area contributed by atoms with E-state index < -0.39 is 5.54 Å². The normalized spacial score (nSPS) is 24.2. The summed E-state index contributed by atoms with van der Waals surface area (Å²) in [5, 5.41) is 2.90. The molecule has 1 aromatic rings. The van der Waals surface area contributed by atoms with Crippen LogP contribution in [0.4, 0.5) is 0 Å². The smallest absolute Gasteiger partial charge is 0.254 e. The molecular formula is C18H26N6O2. The average Bonchev–Trinajstić information content (AvgIpc) is 3.12. The number of carbonyl (C=O) groups is 1. The number of aryl methyl sites for hydroxylation is 2. The van der Waals surface area contributed by atoms with Gasteiger partial charge in [-0.3, -0.25) is 15.0 Å². The lowest BCUT2D eigenvalue weighted by atomic mass is 9.88. The molecule has 1 saturated heterocycles. The molecule has 1 amide bonds. The van der Waals surface area contributed by atoms with Gasteiger partial charge in [-0.15, -0.1) is 0 Å². The van der Waals surface area contributed by atoms with Gasteiger partial charge in [-0.2, -0.15) is 4.98 Å². The highest BCUT2D eigenvalue weighted by molar-refractivity contribution is 6.07. The largest absolute Gasteiger partial charge is 0.472 e. The first-order chi connectivity index (χ1) is 12.4. The minimum absolute atomic E-state index is 0.0340. The zero-order valence-corrected chi connectivity index (χ0v) is 15.9. The molecule has 1 unspecified atom stereocenters. The Labute approximate surface area is 153 Å². The van der Waals surface area contributed by atoms with Crippen LogP contribution in [0.3, 0.4) is 0 Å². The van der Waals surface area contributed by atoms with Crippen LogP contribution < -0.4 is 10.1 Å². The lowest BCUT2D eigenvalue weighted by molar-refractivity contribution is -0.125. The van der Waals surface area contributed by atoms with E-state index in [-0.39, 0.29) is 12.0 Å². The quantitative estimate of drug-likeness (QED) is 0.818. The number of amides is 1. The summed E-state index contributed by atoms with van der Waals surface area (Å²) in [5.41, 5.74) is 1.56. The zero-order chi connectivity index (χ0) is 18.5. The van der Waals surface area contributed by atoms with Crippen molar-refractivity contribution in [3.05, 3.63) is 17.1 Å². The summed E-state index contributed by atoms with van der Waals surface area (Å²) in [6, 6.07) is 0. The summed E-state index contributed by atoms with van der Waals surface area (Å²) in [6.45, 7) is 6.44. The van der Waals surface area contributed by atoms with E-state index in [1.54, 1.807) is 0 Å². The number of guanidine groups is 1. The van der Waals surface area contributed by atoms with E-state index in [1.165, 1.54) is 0 Å². The van der Waals surface area contributed by atoms with Crippen molar-refractivity contribution in [1.82, 2.24) is 25.1 Å². The first kappa shape index (κ1) is 17.2. The second-order valence-corrected chi connectivity index (χ2v) is 7.70. The number of hydrogen-bond acceptors (Lipinski definition) is 7. The van der Waals surface area contributed by atoms with Gasteiger partial charge in [-0.25, -0.2) is 9.98 Å². The Hall–Kier alpha value is -2.22. The molecule has 1 fully saturated rings. The number of aromatic nitrogens is 2. The minimum Gasteiger partial charge on any atom is -0.472 e. The standard InChI is InChI=1S/C18H26N6O2/c1-11-14-9-13(26-15(14)20-12(2)19-11)10-24-7-5-18(6-8-24)16(25)21-17(22-18)23(3)4/h13H,5-10H2,1-4H3,(H,21,22,25). The summed E-state index contributed by atoms with van der Waals surface area (Å²) in [6.07, 6.45) is 2.45.